The molecule has 7 nitrogen and oxygen atoms in total. The molecule has 1 aromatic rings. The average Bonchev–Trinajstić information content (AvgIpc) is 2.43. The van der Waals surface area contributed by atoms with E-state index in [1.807, 2.05) is 27.7 Å². The lowest BCUT2D eigenvalue weighted by molar-refractivity contribution is -0.128. The fourth-order valence-corrected chi connectivity index (χ4v) is 1.62. The molecule has 1 amide bonds. The van der Waals surface area contributed by atoms with Gasteiger partial charge in [-0.25, -0.2) is 15.8 Å². The van der Waals surface area contributed by atoms with Crippen molar-refractivity contribution < 1.29 is 4.79 Å². The highest BCUT2D eigenvalue weighted by molar-refractivity contribution is 5.82. The number of nitrogens with two attached hydrogens (primary N) is 1. The first-order valence-corrected chi connectivity index (χ1v) is 6.62. The Morgan fingerprint density at radius 1 is 1.35 bits per heavy atom. The largest absolute Gasteiger partial charge is 0.369 e. The fourth-order valence-electron chi connectivity index (χ4n) is 1.62. The monoisotopic (exact) mass is 280 g/mol. The summed E-state index contributed by atoms with van der Waals surface area (Å²) in [5.41, 5.74) is 1.99. The molecule has 20 heavy (non-hydrogen) atoms. The van der Waals surface area contributed by atoms with Gasteiger partial charge in [0.2, 0.25) is 5.91 Å². The molecule has 0 atom stereocenters. The Hall–Kier alpha value is -1.89. The Morgan fingerprint density at radius 3 is 2.45 bits per heavy atom. The van der Waals surface area contributed by atoms with Gasteiger partial charge in [-0.15, -0.1) is 0 Å². The number of aromatic nitrogens is 2. The lowest BCUT2D eigenvalue weighted by Gasteiger charge is -2.23. The number of amides is 1. The summed E-state index contributed by atoms with van der Waals surface area (Å²) in [6, 6.07) is 1.71. The van der Waals surface area contributed by atoms with Crippen LogP contribution in [0.25, 0.3) is 0 Å². The van der Waals surface area contributed by atoms with Gasteiger partial charge < -0.3 is 16.1 Å². The molecular formula is C13H24N6O. The van der Waals surface area contributed by atoms with Crippen LogP contribution in [-0.4, -0.2) is 29.5 Å². The highest BCUT2D eigenvalue weighted by atomic mass is 16.2. The number of anilines is 2. The zero-order valence-corrected chi connectivity index (χ0v) is 12.7. The third-order valence-corrected chi connectivity index (χ3v) is 2.96. The van der Waals surface area contributed by atoms with Crippen molar-refractivity contribution in [2.24, 2.45) is 11.3 Å². The second-order valence-electron chi connectivity index (χ2n) is 5.61. The number of hydrazine groups is 1. The van der Waals surface area contributed by atoms with Gasteiger partial charge in [-0.05, 0) is 13.8 Å². The van der Waals surface area contributed by atoms with Gasteiger partial charge in [-0.2, -0.15) is 0 Å². The zero-order chi connectivity index (χ0) is 15.3. The van der Waals surface area contributed by atoms with E-state index in [0.29, 0.717) is 24.0 Å². The third-order valence-electron chi connectivity index (χ3n) is 2.96. The van der Waals surface area contributed by atoms with Crippen LogP contribution < -0.4 is 21.9 Å². The maximum Gasteiger partial charge on any atom is 0.227 e. The summed E-state index contributed by atoms with van der Waals surface area (Å²) in [6.07, 6.45) is 0. The van der Waals surface area contributed by atoms with E-state index < -0.39 is 5.41 Å². The summed E-state index contributed by atoms with van der Waals surface area (Å²) in [5, 5.41) is 5.81. The van der Waals surface area contributed by atoms with Gasteiger partial charge in [0.15, 0.2) is 0 Å². The molecule has 0 aliphatic rings. The average molecular weight is 280 g/mol. The van der Waals surface area contributed by atoms with Crippen LogP contribution in [-0.2, 0) is 4.79 Å². The Bertz CT molecular complexity index is 472. The van der Waals surface area contributed by atoms with E-state index in [-0.39, 0.29) is 11.8 Å². The summed E-state index contributed by atoms with van der Waals surface area (Å²) in [6.45, 7) is 8.21. The fraction of sp³-hybridized carbons (Fsp3) is 0.615. The first-order chi connectivity index (χ1) is 9.30. The van der Waals surface area contributed by atoms with Crippen LogP contribution in [0.5, 0.6) is 0 Å². The minimum absolute atomic E-state index is 0.0275. The number of nitrogens with one attached hydrogen (secondary N) is 3. The second kappa shape index (κ2) is 6.51. The molecule has 0 aliphatic carbocycles. The minimum Gasteiger partial charge on any atom is -0.369 e. The number of carbonyl (C=O) groups is 1. The topological polar surface area (TPSA) is 105 Å². The summed E-state index contributed by atoms with van der Waals surface area (Å²) in [7, 11) is 1.63. The molecule has 0 fully saturated rings. The quantitative estimate of drug-likeness (QED) is 0.459. The van der Waals surface area contributed by atoms with Crippen molar-refractivity contribution in [3.05, 3.63) is 11.9 Å². The van der Waals surface area contributed by atoms with Crippen molar-refractivity contribution >= 4 is 17.5 Å². The van der Waals surface area contributed by atoms with Crippen LogP contribution in [0, 0.1) is 5.41 Å². The van der Waals surface area contributed by atoms with Gasteiger partial charge in [0.1, 0.15) is 17.5 Å². The maximum atomic E-state index is 11.7. The number of hydrogen-bond donors (Lipinski definition) is 4. The molecule has 0 aromatic carbocycles. The number of rotatable bonds is 6. The lowest BCUT2D eigenvalue weighted by Crippen LogP contribution is -2.39. The molecule has 5 N–H and O–H groups in total. The second-order valence-corrected chi connectivity index (χ2v) is 5.61. The smallest absolute Gasteiger partial charge is 0.227 e. The molecule has 1 rings (SSSR count). The Balaban J connectivity index is 2.87. The molecule has 1 heterocycles. The molecule has 0 unspecified atom stereocenters. The molecule has 7 heteroatoms. The number of carbonyl (C=O) groups excluding carboxylic acids is 1. The van der Waals surface area contributed by atoms with Crippen LogP contribution in [0.3, 0.4) is 0 Å². The van der Waals surface area contributed by atoms with Gasteiger partial charge in [0, 0.05) is 25.6 Å². The third kappa shape index (κ3) is 4.06. The summed E-state index contributed by atoms with van der Waals surface area (Å²) in [4.78, 5) is 20.4. The van der Waals surface area contributed by atoms with E-state index in [1.54, 1.807) is 13.1 Å². The minimum atomic E-state index is -0.534. The van der Waals surface area contributed by atoms with Crippen molar-refractivity contribution in [3.8, 4) is 0 Å². The molecular weight excluding hydrogens is 256 g/mol. The van der Waals surface area contributed by atoms with Gasteiger partial charge >= 0.3 is 0 Å². The van der Waals surface area contributed by atoms with Crippen molar-refractivity contribution in [1.29, 1.82) is 0 Å². The van der Waals surface area contributed by atoms with E-state index in [0.717, 1.165) is 0 Å². The summed E-state index contributed by atoms with van der Waals surface area (Å²) in [5.74, 6) is 7.46. The maximum absolute atomic E-state index is 11.7. The molecule has 112 valence electrons. The summed E-state index contributed by atoms with van der Waals surface area (Å²) >= 11 is 0. The van der Waals surface area contributed by atoms with Gasteiger partial charge in [0.05, 0.1) is 5.41 Å². The summed E-state index contributed by atoms with van der Waals surface area (Å²) < 4.78 is 0. The Kier molecular flexibility index (Phi) is 5.26. The number of hydrogen-bond acceptors (Lipinski definition) is 6. The normalized spacial score (nSPS) is 11.3. The van der Waals surface area contributed by atoms with Crippen LogP contribution in [0.1, 0.15) is 39.4 Å². The van der Waals surface area contributed by atoms with Crippen molar-refractivity contribution in [3.63, 3.8) is 0 Å². The Morgan fingerprint density at radius 2 is 1.95 bits per heavy atom. The van der Waals surface area contributed by atoms with E-state index in [1.165, 1.54) is 0 Å². The molecule has 0 aliphatic heterocycles. The van der Waals surface area contributed by atoms with Crippen molar-refractivity contribution in [2.45, 2.75) is 33.6 Å². The molecule has 0 saturated heterocycles. The SMILES string of the molecule is CNC(=O)C(C)(C)CNc1cc(NN)nc(C(C)C)n1. The Labute approximate surface area is 119 Å². The molecule has 0 bridgehead atoms. The van der Waals surface area contributed by atoms with Crippen LogP contribution in [0.15, 0.2) is 6.07 Å². The van der Waals surface area contributed by atoms with E-state index in [2.05, 4.69) is 26.0 Å². The predicted molar refractivity (Wildman–Crippen MR) is 80.3 cm³/mol. The van der Waals surface area contributed by atoms with Gasteiger partial charge in [-0.1, -0.05) is 13.8 Å². The van der Waals surface area contributed by atoms with Crippen LogP contribution in [0.2, 0.25) is 0 Å². The van der Waals surface area contributed by atoms with E-state index in [4.69, 9.17) is 5.84 Å². The van der Waals surface area contributed by atoms with E-state index >= 15 is 0 Å². The van der Waals surface area contributed by atoms with Crippen molar-refractivity contribution in [1.82, 2.24) is 15.3 Å². The lowest BCUT2D eigenvalue weighted by atomic mass is 9.92. The van der Waals surface area contributed by atoms with Crippen LogP contribution in [0.4, 0.5) is 11.6 Å². The molecule has 0 radical (unpaired) electrons. The zero-order valence-electron chi connectivity index (χ0n) is 12.7. The van der Waals surface area contributed by atoms with Gasteiger partial charge in [0.25, 0.3) is 0 Å². The molecule has 0 saturated carbocycles. The van der Waals surface area contributed by atoms with Crippen LogP contribution >= 0.6 is 0 Å². The predicted octanol–water partition coefficient (Wildman–Crippen LogP) is 1.07. The first kappa shape index (κ1) is 16.2. The van der Waals surface area contributed by atoms with E-state index in [9.17, 15) is 4.79 Å². The van der Waals surface area contributed by atoms with Crippen molar-refractivity contribution in [2.75, 3.05) is 24.3 Å². The standard InChI is InChI=1S/C13H24N6O/c1-8(2)11-17-9(6-10(18-11)19-14)16-7-13(3,4)12(20)15-5/h6,8H,7,14H2,1-5H3,(H,15,20)(H2,16,17,18,19). The molecule has 0 spiro atoms. The highest BCUT2D eigenvalue weighted by Crippen LogP contribution is 2.19. The number of nitrogens with zero attached hydrogens (tertiary/aromatic N) is 2. The first-order valence-electron chi connectivity index (χ1n) is 6.62. The molecule has 1 aromatic heterocycles. The highest BCUT2D eigenvalue weighted by Gasteiger charge is 2.26. The number of nitrogen functional groups attached to an aromatic ring is 1. The van der Waals surface area contributed by atoms with Gasteiger partial charge in [-0.3, -0.25) is 4.79 Å².